The fourth-order valence-corrected chi connectivity index (χ4v) is 3.78. The molecule has 1 atom stereocenters. The van der Waals surface area contributed by atoms with Crippen molar-refractivity contribution >= 4 is 34.0 Å². The van der Waals surface area contributed by atoms with Gasteiger partial charge in [-0.05, 0) is 25.0 Å². The number of likely N-dealkylation sites (tertiary alicyclic amines) is 1. The Labute approximate surface area is 155 Å². The third-order valence-electron chi connectivity index (χ3n) is 4.25. The number of carbonyl (C=O) groups is 2. The first-order chi connectivity index (χ1) is 12.5. The number of anilines is 2. The largest absolute Gasteiger partial charge is 0.326 e. The molecule has 1 aliphatic rings. The van der Waals surface area contributed by atoms with Gasteiger partial charge in [0.2, 0.25) is 5.91 Å². The number of amides is 2. The molecule has 2 aromatic rings. The Bertz CT molecular complexity index is 872. The molecule has 1 N–H and O–H groups in total. The highest BCUT2D eigenvalue weighted by Gasteiger charge is 2.33. The zero-order chi connectivity index (χ0) is 18.7. The zero-order valence-electron chi connectivity index (χ0n) is 14.6. The predicted molar refractivity (Wildman–Crippen MR) is 101 cm³/mol. The van der Waals surface area contributed by atoms with Crippen molar-refractivity contribution in [2.75, 3.05) is 23.8 Å². The molecule has 0 saturated carbocycles. The van der Waals surface area contributed by atoms with Gasteiger partial charge < -0.3 is 5.32 Å². The minimum Gasteiger partial charge on any atom is -0.326 e. The number of hydrogen-bond acceptors (Lipinski definition) is 6. The third-order valence-corrected chi connectivity index (χ3v) is 5.17. The fourth-order valence-electron chi connectivity index (χ4n) is 2.97. The van der Waals surface area contributed by atoms with Crippen molar-refractivity contribution in [2.24, 2.45) is 0 Å². The number of thiazole rings is 1. The maximum atomic E-state index is 12.7. The summed E-state index contributed by atoms with van der Waals surface area (Å²) < 4.78 is 0. The standard InChI is InChI=1S/C18H19N5O2S/c1-12(24)20-14-6-3-5-13(9-14)15-10-26-18(21-15)22(2)17(25)16-7-4-8-23(16)11-19/h3,5-6,9-10,16H,4,7-8H2,1-2H3,(H,20,24)/t16-/m0/s1. The Kier molecular flexibility index (Phi) is 5.19. The summed E-state index contributed by atoms with van der Waals surface area (Å²) in [7, 11) is 1.69. The normalized spacial score (nSPS) is 16.2. The molecule has 0 radical (unpaired) electrons. The van der Waals surface area contributed by atoms with Crippen molar-refractivity contribution < 1.29 is 9.59 Å². The Morgan fingerprint density at radius 2 is 2.27 bits per heavy atom. The van der Waals surface area contributed by atoms with Crippen LogP contribution in [0.25, 0.3) is 11.3 Å². The molecule has 0 unspecified atom stereocenters. The minimum atomic E-state index is -0.402. The van der Waals surface area contributed by atoms with Crippen molar-refractivity contribution in [3.63, 3.8) is 0 Å². The van der Waals surface area contributed by atoms with Crippen molar-refractivity contribution in [1.29, 1.82) is 5.26 Å². The van der Waals surface area contributed by atoms with Gasteiger partial charge in [0.1, 0.15) is 6.04 Å². The van der Waals surface area contributed by atoms with E-state index in [9.17, 15) is 9.59 Å². The molecule has 7 nitrogen and oxygen atoms in total. The zero-order valence-corrected chi connectivity index (χ0v) is 15.4. The van der Waals surface area contributed by atoms with Gasteiger partial charge in [0.05, 0.1) is 5.69 Å². The van der Waals surface area contributed by atoms with Crippen LogP contribution in [-0.4, -0.2) is 41.3 Å². The average Bonchev–Trinajstić information content (AvgIpc) is 3.29. The fraction of sp³-hybridized carbons (Fsp3) is 0.333. The lowest BCUT2D eigenvalue weighted by Crippen LogP contribution is -2.42. The molecule has 3 rings (SSSR count). The third kappa shape index (κ3) is 3.68. The summed E-state index contributed by atoms with van der Waals surface area (Å²) in [5, 5.41) is 14.3. The van der Waals surface area contributed by atoms with Crippen LogP contribution in [0.3, 0.4) is 0 Å². The maximum absolute atomic E-state index is 12.7. The van der Waals surface area contributed by atoms with Crippen LogP contribution in [0, 0.1) is 11.5 Å². The van der Waals surface area contributed by atoms with Gasteiger partial charge in [-0.3, -0.25) is 19.4 Å². The molecule has 134 valence electrons. The highest BCUT2D eigenvalue weighted by Crippen LogP contribution is 2.29. The molecule has 0 aliphatic carbocycles. The topological polar surface area (TPSA) is 89.3 Å². The van der Waals surface area contributed by atoms with Crippen LogP contribution in [0.1, 0.15) is 19.8 Å². The molecule has 1 fully saturated rings. The Morgan fingerprint density at radius 3 is 3.00 bits per heavy atom. The van der Waals surface area contributed by atoms with E-state index < -0.39 is 6.04 Å². The number of aromatic nitrogens is 1. The Balaban J connectivity index is 1.78. The van der Waals surface area contributed by atoms with Gasteiger partial charge in [-0.2, -0.15) is 5.26 Å². The van der Waals surface area contributed by atoms with Crippen molar-refractivity contribution in [3.8, 4) is 17.5 Å². The second-order valence-corrected chi connectivity index (χ2v) is 6.96. The van der Waals surface area contributed by atoms with Gasteiger partial charge in [-0.25, -0.2) is 4.98 Å². The SMILES string of the molecule is CC(=O)Nc1cccc(-c2csc(N(C)C(=O)[C@@H]3CCCN3C#N)n2)c1. The average molecular weight is 369 g/mol. The van der Waals surface area contributed by atoms with Gasteiger partial charge in [-0.15, -0.1) is 11.3 Å². The van der Waals surface area contributed by atoms with Gasteiger partial charge in [-0.1, -0.05) is 12.1 Å². The van der Waals surface area contributed by atoms with Gasteiger partial charge >= 0.3 is 0 Å². The number of likely N-dealkylation sites (N-methyl/N-ethyl adjacent to an activating group) is 1. The number of rotatable bonds is 4. The number of nitrogens with zero attached hydrogens (tertiary/aromatic N) is 4. The van der Waals surface area contributed by atoms with Crippen LogP contribution in [-0.2, 0) is 9.59 Å². The van der Waals surface area contributed by atoms with E-state index in [4.69, 9.17) is 5.26 Å². The van der Waals surface area contributed by atoms with Crippen molar-refractivity contribution in [1.82, 2.24) is 9.88 Å². The van der Waals surface area contributed by atoms with Crippen LogP contribution in [0.4, 0.5) is 10.8 Å². The molecule has 0 bridgehead atoms. The molecule has 26 heavy (non-hydrogen) atoms. The van der Waals surface area contributed by atoms with E-state index in [1.54, 1.807) is 7.05 Å². The summed E-state index contributed by atoms with van der Waals surface area (Å²) in [5.74, 6) is -0.248. The lowest BCUT2D eigenvalue weighted by atomic mass is 10.1. The molecule has 1 aromatic heterocycles. The van der Waals surface area contributed by atoms with Crippen LogP contribution in [0.2, 0.25) is 0 Å². The van der Waals surface area contributed by atoms with E-state index in [0.717, 1.165) is 17.7 Å². The number of benzene rings is 1. The molecule has 2 heterocycles. The molecule has 1 saturated heterocycles. The number of hydrogen-bond donors (Lipinski definition) is 1. The quantitative estimate of drug-likeness (QED) is 0.837. The summed E-state index contributed by atoms with van der Waals surface area (Å²) >= 11 is 1.37. The molecule has 1 aliphatic heterocycles. The smallest absolute Gasteiger partial charge is 0.251 e. The number of nitriles is 1. The van der Waals surface area contributed by atoms with E-state index in [1.165, 1.54) is 28.1 Å². The van der Waals surface area contributed by atoms with Gasteiger partial charge in [0.15, 0.2) is 11.3 Å². The lowest BCUT2D eigenvalue weighted by molar-refractivity contribution is -0.121. The number of carbonyl (C=O) groups excluding carboxylic acids is 2. The highest BCUT2D eigenvalue weighted by atomic mass is 32.1. The van der Waals surface area contributed by atoms with Gasteiger partial charge in [0.25, 0.3) is 5.91 Å². The highest BCUT2D eigenvalue weighted by molar-refractivity contribution is 7.14. The van der Waals surface area contributed by atoms with E-state index in [0.29, 0.717) is 23.8 Å². The monoisotopic (exact) mass is 369 g/mol. The summed E-state index contributed by atoms with van der Waals surface area (Å²) in [6.45, 7) is 2.08. The van der Waals surface area contributed by atoms with Crippen molar-refractivity contribution in [2.45, 2.75) is 25.8 Å². The first-order valence-corrected chi connectivity index (χ1v) is 9.15. The van der Waals surface area contributed by atoms with Crippen LogP contribution < -0.4 is 10.2 Å². The van der Waals surface area contributed by atoms with Crippen LogP contribution in [0.15, 0.2) is 29.6 Å². The van der Waals surface area contributed by atoms with E-state index in [1.807, 2.05) is 29.6 Å². The summed E-state index contributed by atoms with van der Waals surface area (Å²) in [6, 6.07) is 7.00. The summed E-state index contributed by atoms with van der Waals surface area (Å²) in [6.07, 6.45) is 3.62. The lowest BCUT2D eigenvalue weighted by Gasteiger charge is -2.22. The summed E-state index contributed by atoms with van der Waals surface area (Å²) in [4.78, 5) is 31.5. The first-order valence-electron chi connectivity index (χ1n) is 8.27. The Morgan fingerprint density at radius 1 is 1.46 bits per heavy atom. The molecule has 2 amide bonds. The van der Waals surface area contributed by atoms with Crippen LogP contribution >= 0.6 is 11.3 Å². The van der Waals surface area contributed by atoms with Gasteiger partial charge in [0, 0.05) is 37.1 Å². The van der Waals surface area contributed by atoms with Crippen LogP contribution in [0.5, 0.6) is 0 Å². The van der Waals surface area contributed by atoms with E-state index in [-0.39, 0.29) is 11.8 Å². The summed E-state index contributed by atoms with van der Waals surface area (Å²) in [5.41, 5.74) is 2.30. The second-order valence-electron chi connectivity index (χ2n) is 6.13. The Hall–Kier alpha value is -2.92. The molecular weight excluding hydrogens is 350 g/mol. The first kappa shape index (κ1) is 17.9. The molecule has 0 spiro atoms. The van der Waals surface area contributed by atoms with E-state index in [2.05, 4.69) is 16.5 Å². The maximum Gasteiger partial charge on any atom is 0.251 e. The molecule has 1 aromatic carbocycles. The number of nitrogens with one attached hydrogen (secondary N) is 1. The molecule has 8 heteroatoms. The minimum absolute atomic E-state index is 0.114. The molecular formula is C18H19N5O2S. The second kappa shape index (κ2) is 7.54. The van der Waals surface area contributed by atoms with E-state index >= 15 is 0 Å². The predicted octanol–water partition coefficient (Wildman–Crippen LogP) is 2.68. The van der Waals surface area contributed by atoms with Crippen molar-refractivity contribution in [3.05, 3.63) is 29.6 Å².